The zero-order chi connectivity index (χ0) is 10.4. The third-order valence-corrected chi connectivity index (χ3v) is 2.80. The van der Waals surface area contributed by atoms with Crippen LogP contribution in [0.25, 0.3) is 0 Å². The van der Waals surface area contributed by atoms with Crippen molar-refractivity contribution >= 4 is 5.69 Å². The molecule has 14 heavy (non-hydrogen) atoms. The van der Waals surface area contributed by atoms with E-state index in [1.165, 1.54) is 24.9 Å². The number of benzene rings is 1. The molecule has 0 spiro atoms. The molecule has 1 aromatic carbocycles. The minimum Gasteiger partial charge on any atom is -0.372 e. The molecular formula is C13H21N. The van der Waals surface area contributed by atoms with Crippen LogP contribution < -0.4 is 4.90 Å². The van der Waals surface area contributed by atoms with E-state index < -0.39 is 0 Å². The average molecular weight is 191 g/mol. The highest BCUT2D eigenvalue weighted by Crippen LogP contribution is 2.16. The number of hydrogen-bond donors (Lipinski definition) is 0. The van der Waals surface area contributed by atoms with E-state index in [0.29, 0.717) is 6.04 Å². The van der Waals surface area contributed by atoms with Crippen LogP contribution >= 0.6 is 0 Å². The fourth-order valence-electron chi connectivity index (χ4n) is 1.61. The van der Waals surface area contributed by atoms with E-state index in [0.717, 1.165) is 0 Å². The first-order chi connectivity index (χ1) is 6.75. The minimum absolute atomic E-state index is 0.636. The average Bonchev–Trinajstić information content (AvgIpc) is 2.26. The lowest BCUT2D eigenvalue weighted by molar-refractivity contribution is 0.588. The molecule has 0 radical (unpaired) electrons. The van der Waals surface area contributed by atoms with Crippen molar-refractivity contribution in [3.8, 4) is 0 Å². The van der Waals surface area contributed by atoms with Gasteiger partial charge in [0.1, 0.15) is 0 Å². The van der Waals surface area contributed by atoms with E-state index >= 15 is 0 Å². The summed E-state index contributed by atoms with van der Waals surface area (Å²) in [5, 5.41) is 0. The Hall–Kier alpha value is -0.980. The first-order valence-electron chi connectivity index (χ1n) is 5.53. The van der Waals surface area contributed by atoms with Crippen molar-refractivity contribution in [2.45, 2.75) is 39.2 Å². The molecule has 78 valence electrons. The molecule has 0 aromatic heterocycles. The highest BCUT2D eigenvalue weighted by Gasteiger charge is 2.08. The second kappa shape index (κ2) is 5.69. The summed E-state index contributed by atoms with van der Waals surface area (Å²) in [5.41, 5.74) is 1.32. The molecule has 0 saturated heterocycles. The van der Waals surface area contributed by atoms with Gasteiger partial charge in [-0.2, -0.15) is 0 Å². The lowest BCUT2D eigenvalue weighted by Crippen LogP contribution is -2.28. The van der Waals surface area contributed by atoms with Crippen LogP contribution in [0.2, 0.25) is 0 Å². The number of rotatable bonds is 5. The summed E-state index contributed by atoms with van der Waals surface area (Å²) in [6.07, 6.45) is 3.88. The van der Waals surface area contributed by atoms with Crippen LogP contribution in [0.4, 0.5) is 5.69 Å². The standard InChI is InChI=1S/C13H21N/c1-4-5-9-12(2)14(3)13-10-7-6-8-11-13/h6-8,10-12H,4-5,9H2,1-3H3. The molecule has 0 saturated carbocycles. The number of unbranched alkanes of at least 4 members (excludes halogenated alkanes) is 1. The van der Waals surface area contributed by atoms with E-state index in [2.05, 4.69) is 56.1 Å². The highest BCUT2D eigenvalue weighted by molar-refractivity contribution is 5.45. The van der Waals surface area contributed by atoms with Gasteiger partial charge >= 0.3 is 0 Å². The molecule has 0 bridgehead atoms. The molecule has 0 fully saturated rings. The van der Waals surface area contributed by atoms with Crippen LogP contribution in [-0.2, 0) is 0 Å². The molecule has 1 atom stereocenters. The van der Waals surface area contributed by atoms with Gasteiger partial charge in [0.25, 0.3) is 0 Å². The third-order valence-electron chi connectivity index (χ3n) is 2.80. The van der Waals surface area contributed by atoms with Gasteiger partial charge in [0.2, 0.25) is 0 Å². The van der Waals surface area contributed by atoms with E-state index in [4.69, 9.17) is 0 Å². The van der Waals surface area contributed by atoms with Gasteiger partial charge in [-0.25, -0.2) is 0 Å². The van der Waals surface area contributed by atoms with Gasteiger partial charge in [0.15, 0.2) is 0 Å². The smallest absolute Gasteiger partial charge is 0.0365 e. The summed E-state index contributed by atoms with van der Waals surface area (Å²) in [6, 6.07) is 11.2. The SMILES string of the molecule is CCCCC(C)N(C)c1ccccc1. The summed E-state index contributed by atoms with van der Waals surface area (Å²) in [6.45, 7) is 4.54. The molecule has 0 aliphatic heterocycles. The van der Waals surface area contributed by atoms with Crippen LogP contribution in [0, 0.1) is 0 Å². The Morgan fingerprint density at radius 1 is 1.21 bits per heavy atom. The molecule has 1 unspecified atom stereocenters. The monoisotopic (exact) mass is 191 g/mol. The molecule has 0 N–H and O–H groups in total. The molecule has 1 nitrogen and oxygen atoms in total. The molecule has 1 rings (SSSR count). The Morgan fingerprint density at radius 2 is 1.86 bits per heavy atom. The van der Waals surface area contributed by atoms with Crippen LogP contribution in [0.5, 0.6) is 0 Å². The normalized spacial score (nSPS) is 12.5. The van der Waals surface area contributed by atoms with Gasteiger partial charge < -0.3 is 4.90 Å². The molecule has 0 aliphatic carbocycles. The summed E-state index contributed by atoms with van der Waals surface area (Å²) in [7, 11) is 2.18. The number of anilines is 1. The Labute approximate surface area is 87.7 Å². The summed E-state index contributed by atoms with van der Waals surface area (Å²) >= 11 is 0. The molecular weight excluding hydrogens is 170 g/mol. The van der Waals surface area contributed by atoms with Gasteiger partial charge in [0, 0.05) is 18.8 Å². The quantitative estimate of drug-likeness (QED) is 0.686. The fourth-order valence-corrected chi connectivity index (χ4v) is 1.61. The zero-order valence-electron chi connectivity index (χ0n) is 9.53. The topological polar surface area (TPSA) is 3.24 Å². The number of hydrogen-bond acceptors (Lipinski definition) is 1. The lowest BCUT2D eigenvalue weighted by Gasteiger charge is -2.26. The molecule has 0 amide bonds. The minimum atomic E-state index is 0.636. The van der Waals surface area contributed by atoms with Crippen molar-refractivity contribution < 1.29 is 0 Å². The van der Waals surface area contributed by atoms with Crippen LogP contribution in [0.15, 0.2) is 30.3 Å². The summed E-state index contributed by atoms with van der Waals surface area (Å²) in [4.78, 5) is 2.36. The molecule has 1 aromatic rings. The van der Waals surface area contributed by atoms with E-state index in [-0.39, 0.29) is 0 Å². The second-order valence-corrected chi connectivity index (χ2v) is 3.94. The zero-order valence-corrected chi connectivity index (χ0v) is 9.53. The summed E-state index contributed by atoms with van der Waals surface area (Å²) in [5.74, 6) is 0. The number of nitrogens with zero attached hydrogens (tertiary/aromatic N) is 1. The van der Waals surface area contributed by atoms with Crippen LogP contribution in [-0.4, -0.2) is 13.1 Å². The molecule has 1 heteroatoms. The maximum Gasteiger partial charge on any atom is 0.0365 e. The van der Waals surface area contributed by atoms with Gasteiger partial charge in [-0.05, 0) is 25.5 Å². The maximum atomic E-state index is 2.36. The Morgan fingerprint density at radius 3 is 2.43 bits per heavy atom. The lowest BCUT2D eigenvalue weighted by atomic mass is 10.1. The first kappa shape index (κ1) is 11.1. The first-order valence-corrected chi connectivity index (χ1v) is 5.53. The second-order valence-electron chi connectivity index (χ2n) is 3.94. The van der Waals surface area contributed by atoms with Gasteiger partial charge in [0.05, 0.1) is 0 Å². The Bertz CT molecular complexity index is 243. The van der Waals surface area contributed by atoms with Crippen LogP contribution in [0.1, 0.15) is 33.1 Å². The Balaban J connectivity index is 2.52. The highest BCUT2D eigenvalue weighted by atomic mass is 15.1. The van der Waals surface area contributed by atoms with Gasteiger partial charge in [-0.1, -0.05) is 38.0 Å². The fraction of sp³-hybridized carbons (Fsp3) is 0.538. The number of para-hydroxylation sites is 1. The largest absolute Gasteiger partial charge is 0.372 e. The van der Waals surface area contributed by atoms with E-state index in [1.54, 1.807) is 0 Å². The van der Waals surface area contributed by atoms with E-state index in [1.807, 2.05) is 0 Å². The maximum absolute atomic E-state index is 2.36. The van der Waals surface area contributed by atoms with Crippen molar-refractivity contribution in [2.75, 3.05) is 11.9 Å². The molecule has 0 heterocycles. The van der Waals surface area contributed by atoms with Crippen molar-refractivity contribution in [1.29, 1.82) is 0 Å². The van der Waals surface area contributed by atoms with Crippen molar-refractivity contribution in [3.63, 3.8) is 0 Å². The third kappa shape index (κ3) is 3.06. The van der Waals surface area contributed by atoms with Crippen molar-refractivity contribution in [2.24, 2.45) is 0 Å². The van der Waals surface area contributed by atoms with Gasteiger partial charge in [-0.3, -0.25) is 0 Å². The van der Waals surface area contributed by atoms with Gasteiger partial charge in [-0.15, -0.1) is 0 Å². The van der Waals surface area contributed by atoms with E-state index in [9.17, 15) is 0 Å². The molecule has 0 aliphatic rings. The van der Waals surface area contributed by atoms with Crippen molar-refractivity contribution in [3.05, 3.63) is 30.3 Å². The van der Waals surface area contributed by atoms with Crippen molar-refractivity contribution in [1.82, 2.24) is 0 Å². The Kier molecular flexibility index (Phi) is 4.51. The summed E-state index contributed by atoms with van der Waals surface area (Å²) < 4.78 is 0. The van der Waals surface area contributed by atoms with Crippen LogP contribution in [0.3, 0.4) is 0 Å². The predicted molar refractivity (Wildman–Crippen MR) is 63.8 cm³/mol. The predicted octanol–water partition coefficient (Wildman–Crippen LogP) is 3.70.